The lowest BCUT2D eigenvalue weighted by Crippen LogP contribution is -2.38. The fourth-order valence-corrected chi connectivity index (χ4v) is 4.28. The predicted molar refractivity (Wildman–Crippen MR) is 121 cm³/mol. The normalized spacial score (nSPS) is 15.6. The fraction of sp³-hybridized carbons (Fsp3) is 0.565. The predicted octanol–water partition coefficient (Wildman–Crippen LogP) is 4.54. The van der Waals surface area contributed by atoms with Gasteiger partial charge in [0.25, 0.3) is 0 Å². The number of piperidine rings is 1. The van der Waals surface area contributed by atoms with Crippen molar-refractivity contribution in [3.8, 4) is 17.6 Å². The highest BCUT2D eigenvalue weighted by atomic mass is 32.2. The Kier molecular flexibility index (Phi) is 8.42. The number of ether oxygens (including phenoxy) is 2. The Morgan fingerprint density at radius 1 is 1.19 bits per heavy atom. The second-order valence-corrected chi connectivity index (χ2v) is 10.3. The number of hydrogen-bond acceptors (Lipinski definition) is 7. The molecule has 1 aromatic heterocycles. The summed E-state index contributed by atoms with van der Waals surface area (Å²) >= 11 is 0. The van der Waals surface area contributed by atoms with Crippen LogP contribution in [-0.4, -0.2) is 55.3 Å². The van der Waals surface area contributed by atoms with Crippen molar-refractivity contribution in [1.29, 1.82) is 0 Å². The molecule has 9 heteroatoms. The van der Waals surface area contributed by atoms with Gasteiger partial charge in [0.2, 0.25) is 5.88 Å². The smallest absolute Gasteiger partial charge is 0.325 e. The van der Waals surface area contributed by atoms with Crippen molar-refractivity contribution in [2.75, 3.05) is 25.9 Å². The summed E-state index contributed by atoms with van der Waals surface area (Å²) in [6.07, 6.45) is 9.58. The molecular formula is C23H32FN3O4S. The lowest BCUT2D eigenvalue weighted by molar-refractivity contribution is 0.0945. The molecule has 0 saturated carbocycles. The highest BCUT2D eigenvalue weighted by Gasteiger charge is 2.22. The van der Waals surface area contributed by atoms with Crippen LogP contribution in [0.15, 0.2) is 29.3 Å². The molecule has 1 aliphatic rings. The standard InChI is InChI=1S/C23H32FN3O4S/c1-4-5-6-7-12-27-13-10-18(11-14-27)30-22-17(2)16-25-23(26-22)31-21-9-8-19(15-20(21)24)32(3,28)29/h8-9,15-16,18H,4-7,10-14H2,1-3H3. The summed E-state index contributed by atoms with van der Waals surface area (Å²) in [7, 11) is -3.51. The lowest BCUT2D eigenvalue weighted by atomic mass is 10.1. The second kappa shape index (κ2) is 11.0. The Hall–Kier alpha value is -2.26. The molecule has 32 heavy (non-hydrogen) atoms. The van der Waals surface area contributed by atoms with Crippen LogP contribution in [0, 0.1) is 12.7 Å². The van der Waals surface area contributed by atoms with Gasteiger partial charge in [-0.1, -0.05) is 26.2 Å². The summed E-state index contributed by atoms with van der Waals surface area (Å²) in [6.45, 7) is 7.22. The van der Waals surface area contributed by atoms with Crippen molar-refractivity contribution < 1.29 is 22.3 Å². The maximum absolute atomic E-state index is 14.3. The first-order valence-corrected chi connectivity index (χ1v) is 13.1. The van der Waals surface area contributed by atoms with E-state index in [1.807, 2.05) is 6.92 Å². The fourth-order valence-electron chi connectivity index (χ4n) is 3.64. The Morgan fingerprint density at radius 2 is 1.94 bits per heavy atom. The molecule has 1 saturated heterocycles. The Labute approximate surface area is 189 Å². The number of hydrogen-bond donors (Lipinski definition) is 0. The molecule has 0 N–H and O–H groups in total. The third-order valence-electron chi connectivity index (χ3n) is 5.58. The molecule has 176 valence electrons. The number of aryl methyl sites for hydroxylation is 1. The summed E-state index contributed by atoms with van der Waals surface area (Å²) in [5.41, 5.74) is 0.771. The van der Waals surface area contributed by atoms with Crippen LogP contribution in [0.4, 0.5) is 4.39 Å². The molecule has 0 radical (unpaired) electrons. The lowest BCUT2D eigenvalue weighted by Gasteiger charge is -2.32. The first-order valence-electron chi connectivity index (χ1n) is 11.2. The Morgan fingerprint density at radius 3 is 2.59 bits per heavy atom. The number of unbranched alkanes of at least 4 members (excludes halogenated alkanes) is 3. The minimum atomic E-state index is -3.51. The van der Waals surface area contributed by atoms with Crippen molar-refractivity contribution in [2.24, 2.45) is 0 Å². The van der Waals surface area contributed by atoms with E-state index in [2.05, 4.69) is 21.8 Å². The zero-order chi connectivity index (χ0) is 23.1. The quantitative estimate of drug-likeness (QED) is 0.476. The molecule has 0 amide bonds. The zero-order valence-electron chi connectivity index (χ0n) is 19.0. The van der Waals surface area contributed by atoms with Gasteiger partial charge in [0, 0.05) is 31.1 Å². The van der Waals surface area contributed by atoms with E-state index in [0.29, 0.717) is 5.88 Å². The second-order valence-electron chi connectivity index (χ2n) is 8.33. The largest absolute Gasteiger partial charge is 0.474 e. The maximum atomic E-state index is 14.3. The summed E-state index contributed by atoms with van der Waals surface area (Å²) < 4.78 is 49.0. The van der Waals surface area contributed by atoms with Crippen LogP contribution >= 0.6 is 0 Å². The van der Waals surface area contributed by atoms with Crippen molar-refractivity contribution >= 4 is 9.84 Å². The molecule has 0 aliphatic carbocycles. The minimum Gasteiger partial charge on any atom is -0.474 e. The number of rotatable bonds is 10. The van der Waals surface area contributed by atoms with E-state index >= 15 is 0 Å². The van der Waals surface area contributed by atoms with Gasteiger partial charge in [-0.3, -0.25) is 0 Å². The number of benzene rings is 1. The summed E-state index contributed by atoms with van der Waals surface area (Å²) in [4.78, 5) is 10.8. The molecule has 0 unspecified atom stereocenters. The third kappa shape index (κ3) is 6.87. The van der Waals surface area contributed by atoms with Crippen LogP contribution in [0.1, 0.15) is 51.0 Å². The molecule has 2 aromatic rings. The molecule has 2 heterocycles. The summed E-state index contributed by atoms with van der Waals surface area (Å²) in [5.74, 6) is -0.529. The van der Waals surface area contributed by atoms with Gasteiger partial charge >= 0.3 is 6.01 Å². The highest BCUT2D eigenvalue weighted by Crippen LogP contribution is 2.27. The van der Waals surface area contributed by atoms with Gasteiger partial charge in [0.1, 0.15) is 6.10 Å². The topological polar surface area (TPSA) is 81.6 Å². The van der Waals surface area contributed by atoms with Crippen molar-refractivity contribution in [1.82, 2.24) is 14.9 Å². The molecule has 1 fully saturated rings. The van der Waals surface area contributed by atoms with E-state index in [0.717, 1.165) is 50.4 Å². The number of nitrogens with zero attached hydrogens (tertiary/aromatic N) is 3. The van der Waals surface area contributed by atoms with E-state index in [1.165, 1.54) is 37.8 Å². The van der Waals surface area contributed by atoms with Crippen LogP contribution in [0.25, 0.3) is 0 Å². The minimum absolute atomic E-state index is 0.0510. The van der Waals surface area contributed by atoms with Crippen LogP contribution in [0.5, 0.6) is 17.6 Å². The first kappa shape index (κ1) is 24.4. The third-order valence-corrected chi connectivity index (χ3v) is 6.69. The van der Waals surface area contributed by atoms with E-state index in [-0.39, 0.29) is 22.8 Å². The van der Waals surface area contributed by atoms with E-state index in [9.17, 15) is 12.8 Å². The van der Waals surface area contributed by atoms with Gasteiger partial charge in [-0.05, 0) is 50.9 Å². The number of halogens is 1. The van der Waals surface area contributed by atoms with Crippen molar-refractivity contribution in [3.05, 3.63) is 35.8 Å². The number of aromatic nitrogens is 2. The molecular weight excluding hydrogens is 433 g/mol. The van der Waals surface area contributed by atoms with E-state index in [1.54, 1.807) is 6.20 Å². The van der Waals surface area contributed by atoms with E-state index < -0.39 is 15.7 Å². The van der Waals surface area contributed by atoms with Crippen LogP contribution in [0.2, 0.25) is 0 Å². The van der Waals surface area contributed by atoms with Gasteiger partial charge in [0.05, 0.1) is 4.90 Å². The van der Waals surface area contributed by atoms with Crippen LogP contribution < -0.4 is 9.47 Å². The SMILES string of the molecule is CCCCCCN1CCC(Oc2nc(Oc3ccc(S(C)(=O)=O)cc3F)ncc2C)CC1. The van der Waals surface area contributed by atoms with Gasteiger partial charge < -0.3 is 14.4 Å². The van der Waals surface area contributed by atoms with E-state index in [4.69, 9.17) is 9.47 Å². The molecule has 1 aliphatic heterocycles. The van der Waals surface area contributed by atoms with Gasteiger partial charge in [0.15, 0.2) is 21.4 Å². The molecule has 7 nitrogen and oxygen atoms in total. The van der Waals surface area contributed by atoms with Crippen LogP contribution in [-0.2, 0) is 9.84 Å². The monoisotopic (exact) mass is 465 g/mol. The van der Waals surface area contributed by atoms with Gasteiger partial charge in [-0.15, -0.1) is 0 Å². The Bertz CT molecular complexity index is 1010. The van der Waals surface area contributed by atoms with Gasteiger partial charge in [-0.25, -0.2) is 17.8 Å². The van der Waals surface area contributed by atoms with Crippen LogP contribution in [0.3, 0.4) is 0 Å². The van der Waals surface area contributed by atoms with Crippen molar-refractivity contribution in [3.63, 3.8) is 0 Å². The molecule has 0 bridgehead atoms. The maximum Gasteiger partial charge on any atom is 0.325 e. The first-order chi connectivity index (χ1) is 15.3. The Balaban J connectivity index is 1.59. The molecule has 0 atom stereocenters. The zero-order valence-corrected chi connectivity index (χ0v) is 19.8. The summed E-state index contributed by atoms with van der Waals surface area (Å²) in [6, 6.07) is 3.41. The number of sulfone groups is 1. The molecule has 0 spiro atoms. The molecule has 3 rings (SSSR count). The van der Waals surface area contributed by atoms with Crippen molar-refractivity contribution in [2.45, 2.75) is 63.4 Å². The van der Waals surface area contributed by atoms with Gasteiger partial charge in [-0.2, -0.15) is 4.98 Å². The number of likely N-dealkylation sites (tertiary alicyclic amines) is 1. The average Bonchev–Trinajstić information content (AvgIpc) is 2.75. The highest BCUT2D eigenvalue weighted by molar-refractivity contribution is 7.90. The molecule has 1 aromatic carbocycles. The average molecular weight is 466 g/mol. The summed E-state index contributed by atoms with van der Waals surface area (Å²) in [5, 5.41) is 0.